The van der Waals surface area contributed by atoms with Gasteiger partial charge in [0.2, 0.25) is 0 Å². The second kappa shape index (κ2) is 10.8. The van der Waals surface area contributed by atoms with Gasteiger partial charge in [0.05, 0.1) is 32.6 Å². The molecule has 0 aliphatic rings. The Morgan fingerprint density at radius 3 is 2.52 bits per heavy atom. The number of rotatable bonds is 7. The first-order valence-electron chi connectivity index (χ1n) is 7.11. The van der Waals surface area contributed by atoms with Crippen LogP contribution in [0.25, 0.3) is 0 Å². The van der Waals surface area contributed by atoms with Crippen molar-refractivity contribution < 1.29 is 9.47 Å². The number of anilines is 1. The molecule has 0 spiro atoms. The van der Waals surface area contributed by atoms with Gasteiger partial charge in [0.15, 0.2) is 5.96 Å². The van der Waals surface area contributed by atoms with E-state index in [1.807, 2.05) is 54.6 Å². The fourth-order valence-electron chi connectivity index (χ4n) is 1.92. The average Bonchev–Trinajstić information content (AvgIpc) is 2.56. The van der Waals surface area contributed by atoms with E-state index in [1.165, 1.54) is 0 Å². The van der Waals surface area contributed by atoms with Crippen molar-refractivity contribution in [2.24, 2.45) is 10.7 Å². The van der Waals surface area contributed by atoms with Crippen LogP contribution >= 0.6 is 24.0 Å². The van der Waals surface area contributed by atoms with E-state index in [4.69, 9.17) is 15.2 Å². The molecule has 0 atom stereocenters. The number of ether oxygens (including phenoxy) is 2. The maximum Gasteiger partial charge on any atom is 0.193 e. The zero-order valence-corrected chi connectivity index (χ0v) is 15.4. The Hall–Kier alpha value is -1.80. The fraction of sp³-hybridized carbons (Fsp3) is 0.235. The molecule has 3 N–H and O–H groups in total. The number of hydrogen-bond donors (Lipinski definition) is 2. The van der Waals surface area contributed by atoms with E-state index in [0.717, 1.165) is 17.0 Å². The number of nitrogens with zero attached hydrogens (tertiary/aromatic N) is 1. The van der Waals surface area contributed by atoms with Crippen LogP contribution in [-0.2, 0) is 11.3 Å². The fourth-order valence-corrected chi connectivity index (χ4v) is 1.92. The minimum atomic E-state index is 0. The number of hydrogen-bond acceptors (Lipinski definition) is 3. The Kier molecular flexibility index (Phi) is 9.08. The summed E-state index contributed by atoms with van der Waals surface area (Å²) in [6.45, 7) is 1.60. The SMILES string of the molecule is COc1ccccc1NC(N)=NCCOCc1ccccc1.I. The first-order chi connectivity index (χ1) is 10.8. The van der Waals surface area contributed by atoms with Gasteiger partial charge >= 0.3 is 0 Å². The second-order valence-electron chi connectivity index (χ2n) is 4.63. The van der Waals surface area contributed by atoms with E-state index in [2.05, 4.69) is 10.3 Å². The van der Waals surface area contributed by atoms with Gasteiger partial charge in [0, 0.05) is 0 Å². The van der Waals surface area contributed by atoms with Crippen LogP contribution in [0.2, 0.25) is 0 Å². The summed E-state index contributed by atoms with van der Waals surface area (Å²) in [4.78, 5) is 4.23. The molecule has 2 aromatic carbocycles. The lowest BCUT2D eigenvalue weighted by atomic mass is 10.2. The van der Waals surface area contributed by atoms with Gasteiger partial charge in [-0.15, -0.1) is 24.0 Å². The predicted octanol–water partition coefficient (Wildman–Crippen LogP) is 3.26. The van der Waals surface area contributed by atoms with Gasteiger partial charge in [-0.3, -0.25) is 4.99 Å². The molecule has 5 nitrogen and oxygen atoms in total. The van der Waals surface area contributed by atoms with Crippen LogP contribution in [0.4, 0.5) is 5.69 Å². The molecule has 2 aromatic rings. The summed E-state index contributed by atoms with van der Waals surface area (Å²) in [6, 6.07) is 17.6. The van der Waals surface area contributed by atoms with Gasteiger partial charge in [-0.25, -0.2) is 0 Å². The van der Waals surface area contributed by atoms with Crippen LogP contribution in [0.1, 0.15) is 5.56 Å². The molecule has 0 aliphatic heterocycles. The lowest BCUT2D eigenvalue weighted by molar-refractivity contribution is 0.128. The molecule has 124 valence electrons. The molecule has 0 aromatic heterocycles. The Morgan fingerprint density at radius 2 is 1.78 bits per heavy atom. The lowest BCUT2D eigenvalue weighted by Crippen LogP contribution is -2.23. The third kappa shape index (κ3) is 6.87. The molecule has 0 unspecified atom stereocenters. The Bertz CT molecular complexity index is 606. The van der Waals surface area contributed by atoms with E-state index < -0.39 is 0 Å². The Labute approximate surface area is 153 Å². The number of nitrogens with two attached hydrogens (primary N) is 1. The predicted molar refractivity (Wildman–Crippen MR) is 105 cm³/mol. The summed E-state index contributed by atoms with van der Waals surface area (Å²) in [5.74, 6) is 1.06. The maximum absolute atomic E-state index is 5.85. The maximum atomic E-state index is 5.85. The average molecular weight is 427 g/mol. The van der Waals surface area contributed by atoms with Crippen molar-refractivity contribution in [1.29, 1.82) is 0 Å². The number of aliphatic imine (C=N–C) groups is 1. The van der Waals surface area contributed by atoms with Crippen LogP contribution in [0, 0.1) is 0 Å². The van der Waals surface area contributed by atoms with Crippen molar-refractivity contribution in [2.75, 3.05) is 25.6 Å². The normalized spacial score (nSPS) is 10.7. The molecule has 0 radical (unpaired) electrons. The van der Waals surface area contributed by atoms with Crippen molar-refractivity contribution >= 4 is 35.6 Å². The molecular weight excluding hydrogens is 405 g/mol. The van der Waals surface area contributed by atoms with E-state index in [-0.39, 0.29) is 24.0 Å². The Morgan fingerprint density at radius 1 is 1.09 bits per heavy atom. The summed E-state index contributed by atoms with van der Waals surface area (Å²) in [6.07, 6.45) is 0. The topological polar surface area (TPSA) is 68.9 Å². The quantitative estimate of drug-likeness (QED) is 0.308. The third-order valence-corrected chi connectivity index (χ3v) is 3.00. The number of halogens is 1. The van der Waals surface area contributed by atoms with E-state index in [0.29, 0.717) is 25.7 Å². The molecular formula is C17H22IN3O2. The second-order valence-corrected chi connectivity index (χ2v) is 4.63. The Balaban J connectivity index is 0.00000264. The highest BCUT2D eigenvalue weighted by atomic mass is 127. The first-order valence-corrected chi connectivity index (χ1v) is 7.11. The van der Waals surface area contributed by atoms with E-state index >= 15 is 0 Å². The molecule has 0 saturated carbocycles. The molecule has 23 heavy (non-hydrogen) atoms. The van der Waals surface area contributed by atoms with Crippen molar-refractivity contribution in [2.45, 2.75) is 6.61 Å². The molecule has 0 saturated heterocycles. The molecule has 0 amide bonds. The minimum Gasteiger partial charge on any atom is -0.495 e. The van der Waals surface area contributed by atoms with Crippen molar-refractivity contribution in [1.82, 2.24) is 0 Å². The van der Waals surface area contributed by atoms with E-state index in [9.17, 15) is 0 Å². The van der Waals surface area contributed by atoms with Crippen LogP contribution in [0.5, 0.6) is 5.75 Å². The van der Waals surface area contributed by atoms with Crippen LogP contribution in [0.15, 0.2) is 59.6 Å². The van der Waals surface area contributed by atoms with Gasteiger partial charge in [0.25, 0.3) is 0 Å². The van der Waals surface area contributed by atoms with E-state index in [1.54, 1.807) is 7.11 Å². The largest absolute Gasteiger partial charge is 0.495 e. The zero-order valence-electron chi connectivity index (χ0n) is 13.1. The highest BCUT2D eigenvalue weighted by Crippen LogP contribution is 2.22. The molecule has 0 aliphatic carbocycles. The number of nitrogens with one attached hydrogen (secondary N) is 1. The van der Waals surface area contributed by atoms with Gasteiger partial charge in [-0.2, -0.15) is 0 Å². The van der Waals surface area contributed by atoms with Crippen molar-refractivity contribution in [3.63, 3.8) is 0 Å². The van der Waals surface area contributed by atoms with Gasteiger partial charge < -0.3 is 20.5 Å². The van der Waals surface area contributed by atoms with Gasteiger partial charge in [-0.1, -0.05) is 42.5 Å². The van der Waals surface area contributed by atoms with Crippen LogP contribution < -0.4 is 15.8 Å². The summed E-state index contributed by atoms with van der Waals surface area (Å²) in [5, 5.41) is 3.02. The first kappa shape index (κ1) is 19.2. The highest BCUT2D eigenvalue weighted by molar-refractivity contribution is 14.0. The third-order valence-electron chi connectivity index (χ3n) is 3.00. The van der Waals surface area contributed by atoms with Crippen LogP contribution in [-0.4, -0.2) is 26.2 Å². The smallest absolute Gasteiger partial charge is 0.193 e. The standard InChI is InChI=1S/C17H21N3O2.HI/c1-21-16-10-6-5-9-15(16)20-17(18)19-11-12-22-13-14-7-3-2-4-8-14;/h2-10H,11-13H2,1H3,(H3,18,19,20);1H. The van der Waals surface area contributed by atoms with Crippen LogP contribution in [0.3, 0.4) is 0 Å². The van der Waals surface area contributed by atoms with Gasteiger partial charge in [0.1, 0.15) is 5.75 Å². The monoisotopic (exact) mass is 427 g/mol. The van der Waals surface area contributed by atoms with Gasteiger partial charge in [-0.05, 0) is 17.7 Å². The number of para-hydroxylation sites is 2. The minimum absolute atomic E-state index is 0. The molecule has 0 fully saturated rings. The lowest BCUT2D eigenvalue weighted by Gasteiger charge is -2.10. The van der Waals surface area contributed by atoms with Crippen molar-refractivity contribution in [3.8, 4) is 5.75 Å². The summed E-state index contributed by atoms with van der Waals surface area (Å²) >= 11 is 0. The molecule has 0 heterocycles. The highest BCUT2D eigenvalue weighted by Gasteiger charge is 2.01. The molecule has 0 bridgehead atoms. The molecule has 2 rings (SSSR count). The number of benzene rings is 2. The number of guanidine groups is 1. The van der Waals surface area contributed by atoms with Crippen molar-refractivity contribution in [3.05, 3.63) is 60.2 Å². The zero-order chi connectivity index (χ0) is 15.6. The summed E-state index contributed by atoms with van der Waals surface area (Å²) in [5.41, 5.74) is 7.78. The number of methoxy groups -OCH3 is 1. The summed E-state index contributed by atoms with van der Waals surface area (Å²) in [7, 11) is 1.62. The molecule has 6 heteroatoms. The summed E-state index contributed by atoms with van der Waals surface area (Å²) < 4.78 is 10.8.